The predicted octanol–water partition coefficient (Wildman–Crippen LogP) is 0.693. The molecular weight excluding hydrogens is 75.9 g/mol. The van der Waals surface area contributed by atoms with Crippen molar-refractivity contribution >= 4 is 18.9 Å². The van der Waals surface area contributed by atoms with Crippen LogP contribution in [0.4, 0.5) is 13.2 Å². The summed E-state index contributed by atoms with van der Waals surface area (Å²) in [6, 6.07) is 0. The van der Waals surface area contributed by atoms with Crippen molar-refractivity contribution in [3.63, 3.8) is 0 Å². The van der Waals surface area contributed by atoms with Crippen LogP contribution in [0.3, 0.4) is 0 Å². The van der Waals surface area contributed by atoms with Gasteiger partial charge >= 0.3 is 25.5 Å². The van der Waals surface area contributed by atoms with Gasteiger partial charge in [0.15, 0.2) is 0 Å². The molecule has 1 radical (unpaired) electrons. The fourth-order valence-corrected chi connectivity index (χ4v) is 0. The average Bonchev–Trinajstić information content (AvgIpc) is 0.811. The predicted molar refractivity (Wildman–Crippen MR) is 13.7 cm³/mol. The summed E-state index contributed by atoms with van der Waals surface area (Å²) in [4.78, 5) is 0. The Morgan fingerprint density at radius 2 is 1.00 bits per heavy atom. The van der Waals surface area contributed by atoms with Crippen molar-refractivity contribution in [2.75, 3.05) is 0 Å². The van der Waals surface area contributed by atoms with Gasteiger partial charge in [-0.15, -0.1) is 0 Å². The normalized spacial score (nSPS) is 7.20. The molecule has 0 bridgehead atoms. The molecule has 5 heavy (non-hydrogen) atoms. The topological polar surface area (TPSA) is 0 Å². The molecule has 0 amide bonds. The third-order valence-corrected chi connectivity index (χ3v) is 0. The van der Waals surface area contributed by atoms with Gasteiger partial charge in [-0.05, 0) is 0 Å². The van der Waals surface area contributed by atoms with E-state index >= 15 is 0 Å². The van der Waals surface area contributed by atoms with Gasteiger partial charge in [0, 0.05) is 0 Å². The Labute approximate surface area is 39.5 Å². The van der Waals surface area contributed by atoms with Crippen LogP contribution in [0.15, 0.2) is 0 Å². The van der Waals surface area contributed by atoms with E-state index in [-0.39, 0.29) is 18.9 Å². The van der Waals surface area contributed by atoms with E-state index in [1.807, 2.05) is 0 Å². The Bertz CT molecular complexity index is 11.6. The summed E-state index contributed by atoms with van der Waals surface area (Å²) in [6.45, 7) is -3.08. The van der Waals surface area contributed by atoms with Crippen LogP contribution in [0.2, 0.25) is 0 Å². The zero-order chi connectivity index (χ0) is 3.58. The molecule has 0 fully saturated rings. The first-order valence-electron chi connectivity index (χ1n) is 0.567. The molecule has 0 aromatic carbocycles. The van der Waals surface area contributed by atoms with Crippen LogP contribution >= 0.6 is 0 Å². The van der Waals surface area contributed by atoms with E-state index in [4.69, 9.17) is 0 Å². The maximum absolute atomic E-state index is 9.58. The van der Waals surface area contributed by atoms with Crippen LogP contribution in [0, 0.1) is 6.68 Å². The summed E-state index contributed by atoms with van der Waals surface area (Å²) in [7, 11) is 0. The molecule has 0 aromatic heterocycles. The SMILES string of the molecule is F[C](F)F.[LiH]. The number of halogens is 3. The first-order chi connectivity index (χ1) is 1.73. The molecule has 0 aromatic rings. The van der Waals surface area contributed by atoms with Gasteiger partial charge in [-0.25, -0.2) is 0 Å². The summed E-state index contributed by atoms with van der Waals surface area (Å²) in [5, 5.41) is 0. The van der Waals surface area contributed by atoms with Crippen molar-refractivity contribution in [2.45, 2.75) is 0 Å². The number of hydrogen-bond acceptors (Lipinski definition) is 0. The molecule has 0 aliphatic carbocycles. The fraction of sp³-hybridized carbons (Fsp3) is 0. The molecule has 4 heteroatoms. The van der Waals surface area contributed by atoms with Gasteiger partial charge in [0.1, 0.15) is 0 Å². The second-order valence-electron chi connectivity index (χ2n) is 0.214. The van der Waals surface area contributed by atoms with Crippen LogP contribution < -0.4 is 0 Å². The van der Waals surface area contributed by atoms with Crippen LogP contribution in [-0.2, 0) is 0 Å². The van der Waals surface area contributed by atoms with Crippen molar-refractivity contribution in [3.05, 3.63) is 6.68 Å². The van der Waals surface area contributed by atoms with Gasteiger partial charge in [-0.3, -0.25) is 0 Å². The summed E-state index contributed by atoms with van der Waals surface area (Å²) in [5.41, 5.74) is 0. The van der Waals surface area contributed by atoms with E-state index in [9.17, 15) is 13.2 Å². The molecule has 0 saturated heterocycles. The Balaban J connectivity index is 0. The van der Waals surface area contributed by atoms with Crippen LogP contribution in [0.5, 0.6) is 0 Å². The van der Waals surface area contributed by atoms with Crippen molar-refractivity contribution in [3.8, 4) is 0 Å². The first kappa shape index (κ1) is 9.04. The molecule has 0 spiro atoms. The molecule has 0 N–H and O–H groups in total. The fourth-order valence-electron chi connectivity index (χ4n) is 0. The molecule has 0 saturated carbocycles. The molecule has 0 nitrogen and oxygen atoms in total. The average molecular weight is 77.0 g/mol. The summed E-state index contributed by atoms with van der Waals surface area (Å²) in [6.07, 6.45) is 0. The third kappa shape index (κ3) is 167. The van der Waals surface area contributed by atoms with E-state index in [1.165, 1.54) is 0 Å². The number of hydrogen-bond donors (Lipinski definition) is 0. The first-order valence-corrected chi connectivity index (χ1v) is 0.567. The molecule has 27 valence electrons. The summed E-state index contributed by atoms with van der Waals surface area (Å²) >= 11 is 0. The molecule has 0 unspecified atom stereocenters. The van der Waals surface area contributed by atoms with Crippen LogP contribution in [0.25, 0.3) is 0 Å². The zero-order valence-electron chi connectivity index (χ0n) is 1.63. The minimum absolute atomic E-state index is 0. The molecule has 0 aliphatic heterocycles. The molecular formula is CHF3Li. The minimum atomic E-state index is -3.08. The van der Waals surface area contributed by atoms with Crippen molar-refractivity contribution < 1.29 is 13.2 Å². The third-order valence-electron chi connectivity index (χ3n) is 0. The Hall–Kier alpha value is 0.387. The summed E-state index contributed by atoms with van der Waals surface area (Å²) in [5.74, 6) is 0. The van der Waals surface area contributed by atoms with Crippen molar-refractivity contribution in [1.82, 2.24) is 0 Å². The summed E-state index contributed by atoms with van der Waals surface area (Å²) < 4.78 is 28.8. The Kier molecular flexibility index (Phi) is 7.93. The van der Waals surface area contributed by atoms with Gasteiger partial charge in [0.25, 0.3) is 0 Å². The van der Waals surface area contributed by atoms with Gasteiger partial charge in [0.2, 0.25) is 0 Å². The number of rotatable bonds is 0. The van der Waals surface area contributed by atoms with Gasteiger partial charge in [-0.1, -0.05) is 0 Å². The zero-order valence-corrected chi connectivity index (χ0v) is 1.63. The van der Waals surface area contributed by atoms with Crippen molar-refractivity contribution in [2.24, 2.45) is 0 Å². The van der Waals surface area contributed by atoms with E-state index < -0.39 is 6.68 Å². The van der Waals surface area contributed by atoms with Crippen LogP contribution in [-0.4, -0.2) is 18.9 Å². The van der Waals surface area contributed by atoms with Gasteiger partial charge in [-0.2, -0.15) is 13.2 Å². The van der Waals surface area contributed by atoms with Gasteiger partial charge < -0.3 is 0 Å². The molecule has 0 atom stereocenters. The molecule has 0 aliphatic rings. The van der Waals surface area contributed by atoms with E-state index in [0.717, 1.165) is 0 Å². The van der Waals surface area contributed by atoms with Gasteiger partial charge in [0.05, 0.1) is 0 Å². The Morgan fingerprint density at radius 1 is 1.00 bits per heavy atom. The van der Waals surface area contributed by atoms with E-state index in [0.29, 0.717) is 0 Å². The standard InChI is InChI=1S/CF3.Li.H/c2-1(3)4;;. The van der Waals surface area contributed by atoms with E-state index in [2.05, 4.69) is 0 Å². The maximum atomic E-state index is 9.58. The Morgan fingerprint density at radius 3 is 1.00 bits per heavy atom. The molecule has 0 heterocycles. The monoisotopic (exact) mass is 77.0 g/mol. The van der Waals surface area contributed by atoms with Crippen LogP contribution in [0.1, 0.15) is 0 Å². The second-order valence-corrected chi connectivity index (χ2v) is 0.214. The quantitative estimate of drug-likeness (QED) is 0.373. The molecule has 0 rings (SSSR count). The van der Waals surface area contributed by atoms with Crippen molar-refractivity contribution in [1.29, 1.82) is 0 Å². The second kappa shape index (κ2) is 4.39. The van der Waals surface area contributed by atoms with E-state index in [1.54, 1.807) is 0 Å².